The summed E-state index contributed by atoms with van der Waals surface area (Å²) in [6.07, 6.45) is -0.342. The van der Waals surface area contributed by atoms with Crippen molar-refractivity contribution in [2.24, 2.45) is 7.05 Å². The summed E-state index contributed by atoms with van der Waals surface area (Å²) in [6.45, 7) is -0.269. The lowest BCUT2D eigenvalue weighted by Gasteiger charge is -2.02. The summed E-state index contributed by atoms with van der Waals surface area (Å²) in [6, 6.07) is 0. The van der Waals surface area contributed by atoms with E-state index in [0.29, 0.717) is 6.42 Å². The lowest BCUT2D eigenvalue weighted by molar-refractivity contribution is 0.0181. The number of ether oxygens (including phenoxy) is 1. The first-order chi connectivity index (χ1) is 6.20. The Morgan fingerprint density at radius 3 is 2.92 bits per heavy atom. The highest BCUT2D eigenvalue weighted by atomic mass is 19.3. The number of nitrogens with zero attached hydrogens (tertiary/aromatic N) is 3. The molecule has 0 aliphatic heterocycles. The Hall–Kier alpha value is -1.04. The van der Waals surface area contributed by atoms with Crippen molar-refractivity contribution in [2.75, 3.05) is 13.2 Å². The van der Waals surface area contributed by atoms with Crippen molar-refractivity contribution in [3.63, 3.8) is 0 Å². The first-order valence-corrected chi connectivity index (χ1v) is 3.89. The number of halogens is 2. The zero-order valence-electron chi connectivity index (χ0n) is 7.28. The molecule has 0 atom stereocenters. The molecule has 74 valence electrons. The van der Waals surface area contributed by atoms with E-state index in [1.807, 2.05) is 0 Å². The molecule has 0 amide bonds. The predicted molar refractivity (Wildman–Crippen MR) is 41.5 cm³/mol. The van der Waals surface area contributed by atoms with Crippen LogP contribution < -0.4 is 0 Å². The third-order valence-corrected chi connectivity index (χ3v) is 1.52. The molecule has 1 rings (SSSR count). The van der Waals surface area contributed by atoms with Crippen LogP contribution in [0.4, 0.5) is 8.78 Å². The molecule has 0 unspecified atom stereocenters. The monoisotopic (exact) mass is 191 g/mol. The quantitative estimate of drug-likeness (QED) is 0.641. The minimum Gasteiger partial charge on any atom is -0.375 e. The number of aromatic nitrogens is 3. The standard InChI is InChI=1S/C7H11F2N3O/c1-12-5-10-11-7(12)2-3-13-4-6(8)9/h5-6H,2-4H2,1H3. The van der Waals surface area contributed by atoms with Crippen molar-refractivity contribution < 1.29 is 13.5 Å². The van der Waals surface area contributed by atoms with Crippen LogP contribution in [0.25, 0.3) is 0 Å². The number of hydrogen-bond donors (Lipinski definition) is 0. The van der Waals surface area contributed by atoms with E-state index in [1.54, 1.807) is 17.9 Å². The highest BCUT2D eigenvalue weighted by Gasteiger charge is 2.03. The van der Waals surface area contributed by atoms with Crippen LogP contribution in [0, 0.1) is 0 Å². The highest BCUT2D eigenvalue weighted by molar-refractivity contribution is 4.83. The van der Waals surface area contributed by atoms with Crippen LogP contribution in [0.3, 0.4) is 0 Å². The minimum absolute atomic E-state index is 0.247. The Labute approximate surface area is 74.5 Å². The van der Waals surface area contributed by atoms with Gasteiger partial charge in [0.25, 0.3) is 6.43 Å². The van der Waals surface area contributed by atoms with Crippen molar-refractivity contribution in [1.29, 1.82) is 0 Å². The third kappa shape index (κ3) is 3.45. The third-order valence-electron chi connectivity index (χ3n) is 1.52. The summed E-state index contributed by atoms with van der Waals surface area (Å²) in [5, 5.41) is 7.42. The molecule has 0 spiro atoms. The van der Waals surface area contributed by atoms with Crippen LogP contribution >= 0.6 is 0 Å². The SMILES string of the molecule is Cn1cnnc1CCOCC(F)F. The molecular weight excluding hydrogens is 180 g/mol. The Kier molecular flexibility index (Phi) is 3.75. The van der Waals surface area contributed by atoms with Gasteiger partial charge in [-0.05, 0) is 0 Å². The maximum Gasteiger partial charge on any atom is 0.261 e. The molecular formula is C7H11F2N3O. The second-order valence-corrected chi connectivity index (χ2v) is 2.57. The van der Waals surface area contributed by atoms with Crippen LogP contribution in [0.1, 0.15) is 5.82 Å². The van der Waals surface area contributed by atoms with E-state index in [1.165, 1.54) is 0 Å². The van der Waals surface area contributed by atoms with E-state index in [2.05, 4.69) is 10.2 Å². The van der Waals surface area contributed by atoms with Gasteiger partial charge < -0.3 is 9.30 Å². The maximum absolute atomic E-state index is 11.6. The summed E-state index contributed by atoms with van der Waals surface area (Å²) in [4.78, 5) is 0. The van der Waals surface area contributed by atoms with Crippen molar-refractivity contribution >= 4 is 0 Å². The van der Waals surface area contributed by atoms with Gasteiger partial charge in [0.2, 0.25) is 0 Å². The van der Waals surface area contributed by atoms with Gasteiger partial charge in [-0.15, -0.1) is 10.2 Å². The van der Waals surface area contributed by atoms with Crippen molar-refractivity contribution in [1.82, 2.24) is 14.8 Å². The van der Waals surface area contributed by atoms with E-state index < -0.39 is 13.0 Å². The number of rotatable bonds is 5. The van der Waals surface area contributed by atoms with Crippen molar-refractivity contribution in [2.45, 2.75) is 12.8 Å². The topological polar surface area (TPSA) is 39.9 Å². The predicted octanol–water partition coefficient (Wildman–Crippen LogP) is 0.639. The Morgan fingerprint density at radius 2 is 2.38 bits per heavy atom. The average molecular weight is 191 g/mol. The molecule has 0 aliphatic carbocycles. The second-order valence-electron chi connectivity index (χ2n) is 2.57. The lowest BCUT2D eigenvalue weighted by Crippen LogP contribution is -2.09. The number of hydrogen-bond acceptors (Lipinski definition) is 3. The van der Waals surface area contributed by atoms with Gasteiger partial charge in [-0.2, -0.15) is 0 Å². The normalized spacial score (nSPS) is 11.1. The van der Waals surface area contributed by atoms with E-state index in [9.17, 15) is 8.78 Å². The van der Waals surface area contributed by atoms with Gasteiger partial charge in [-0.25, -0.2) is 8.78 Å². The lowest BCUT2D eigenvalue weighted by atomic mass is 10.4. The molecule has 0 saturated heterocycles. The van der Waals surface area contributed by atoms with E-state index in [0.717, 1.165) is 5.82 Å². The molecule has 0 fully saturated rings. The Bertz CT molecular complexity index is 252. The van der Waals surface area contributed by atoms with E-state index in [4.69, 9.17) is 4.74 Å². The summed E-state index contributed by atoms with van der Waals surface area (Å²) in [7, 11) is 1.79. The fourth-order valence-electron chi connectivity index (χ4n) is 0.869. The molecule has 0 radical (unpaired) electrons. The van der Waals surface area contributed by atoms with Gasteiger partial charge >= 0.3 is 0 Å². The van der Waals surface area contributed by atoms with Crippen LogP contribution in [0.5, 0.6) is 0 Å². The van der Waals surface area contributed by atoms with E-state index in [-0.39, 0.29) is 6.61 Å². The summed E-state index contributed by atoms with van der Waals surface area (Å²) < 4.78 is 29.7. The summed E-state index contributed by atoms with van der Waals surface area (Å²) >= 11 is 0. The zero-order valence-corrected chi connectivity index (χ0v) is 7.28. The largest absolute Gasteiger partial charge is 0.375 e. The first-order valence-electron chi connectivity index (χ1n) is 3.89. The maximum atomic E-state index is 11.6. The molecule has 0 aliphatic rings. The van der Waals surface area contributed by atoms with Crippen molar-refractivity contribution in [3.8, 4) is 0 Å². The van der Waals surface area contributed by atoms with Gasteiger partial charge in [0, 0.05) is 13.5 Å². The number of alkyl halides is 2. The fourth-order valence-corrected chi connectivity index (χ4v) is 0.869. The molecule has 0 N–H and O–H groups in total. The minimum atomic E-state index is -2.40. The van der Waals surface area contributed by atoms with Gasteiger partial charge in [0.05, 0.1) is 6.61 Å². The van der Waals surface area contributed by atoms with Gasteiger partial charge in [0.15, 0.2) is 0 Å². The zero-order chi connectivity index (χ0) is 9.68. The molecule has 0 bridgehead atoms. The Morgan fingerprint density at radius 1 is 1.62 bits per heavy atom. The first kappa shape index (κ1) is 10.0. The molecule has 0 saturated carbocycles. The van der Waals surface area contributed by atoms with Crippen LogP contribution in [0.2, 0.25) is 0 Å². The molecule has 1 aromatic heterocycles. The molecule has 1 aromatic rings. The smallest absolute Gasteiger partial charge is 0.261 e. The second kappa shape index (κ2) is 4.86. The van der Waals surface area contributed by atoms with Gasteiger partial charge in [-0.3, -0.25) is 0 Å². The molecule has 1 heterocycles. The molecule has 6 heteroatoms. The van der Waals surface area contributed by atoms with E-state index >= 15 is 0 Å². The van der Waals surface area contributed by atoms with Crippen LogP contribution in [-0.2, 0) is 18.2 Å². The van der Waals surface area contributed by atoms with Gasteiger partial charge in [-0.1, -0.05) is 0 Å². The van der Waals surface area contributed by atoms with Gasteiger partial charge in [0.1, 0.15) is 18.8 Å². The molecule has 13 heavy (non-hydrogen) atoms. The molecule has 4 nitrogen and oxygen atoms in total. The Balaban J connectivity index is 2.17. The highest BCUT2D eigenvalue weighted by Crippen LogP contribution is 1.96. The summed E-state index contributed by atoms with van der Waals surface area (Å²) in [5.41, 5.74) is 0. The average Bonchev–Trinajstić information content (AvgIpc) is 2.45. The van der Waals surface area contributed by atoms with Crippen LogP contribution in [0.15, 0.2) is 6.33 Å². The van der Waals surface area contributed by atoms with Crippen molar-refractivity contribution in [3.05, 3.63) is 12.2 Å². The fraction of sp³-hybridized carbons (Fsp3) is 0.714. The molecule has 0 aromatic carbocycles. The number of aryl methyl sites for hydroxylation is 1. The summed E-state index contributed by atoms with van der Waals surface area (Å²) in [5.74, 6) is 0.731. The van der Waals surface area contributed by atoms with Crippen LogP contribution in [-0.4, -0.2) is 34.4 Å².